The van der Waals surface area contributed by atoms with Crippen LogP contribution in [0.1, 0.15) is 18.1 Å². The minimum atomic E-state index is 0. The number of nitrogens with zero attached hydrogens (tertiary/aromatic N) is 4. The number of carbonyl (C=O) groups is 1. The minimum Gasteiger partial charge on any atom is -0.337 e. The lowest BCUT2D eigenvalue weighted by atomic mass is 10.2. The Bertz CT molecular complexity index is 446. The van der Waals surface area contributed by atoms with Crippen LogP contribution in [0.25, 0.3) is 0 Å². The molecule has 0 aliphatic carbocycles. The zero-order valence-corrected chi connectivity index (χ0v) is 11.7. The third kappa shape index (κ3) is 2.82. The lowest BCUT2D eigenvalue weighted by Crippen LogP contribution is -2.40. The summed E-state index contributed by atoms with van der Waals surface area (Å²) in [6.07, 6.45) is 1.04. The zero-order valence-electron chi connectivity index (χ0n) is 10.8. The van der Waals surface area contributed by atoms with E-state index in [2.05, 4.69) is 15.5 Å². The standard InChI is InChI=1S/C11H17N5O2.ClH/c1-8-13-10(18-14-8)7-15-4-5-16(11(15)17)9-2-3-12-6-9;/h9,12H,2-7H2,1H3;1H. The Morgan fingerprint density at radius 2 is 2.32 bits per heavy atom. The highest BCUT2D eigenvalue weighted by molar-refractivity contribution is 5.85. The maximum Gasteiger partial charge on any atom is 0.320 e. The number of hydrogen-bond acceptors (Lipinski definition) is 5. The molecule has 0 radical (unpaired) electrons. The molecule has 2 aliphatic heterocycles. The van der Waals surface area contributed by atoms with E-state index in [1.54, 1.807) is 11.8 Å². The van der Waals surface area contributed by atoms with Crippen molar-refractivity contribution in [2.24, 2.45) is 0 Å². The van der Waals surface area contributed by atoms with Crippen molar-refractivity contribution < 1.29 is 9.32 Å². The number of carbonyl (C=O) groups excluding carboxylic acids is 1. The summed E-state index contributed by atoms with van der Waals surface area (Å²) in [4.78, 5) is 20.1. The Labute approximate surface area is 117 Å². The van der Waals surface area contributed by atoms with Crippen LogP contribution in [0.4, 0.5) is 4.79 Å². The van der Waals surface area contributed by atoms with Gasteiger partial charge in [-0.3, -0.25) is 0 Å². The van der Waals surface area contributed by atoms with Crippen LogP contribution in [0.15, 0.2) is 4.52 Å². The fourth-order valence-corrected chi connectivity index (χ4v) is 2.56. The third-order valence-corrected chi connectivity index (χ3v) is 3.50. The maximum absolute atomic E-state index is 12.2. The van der Waals surface area contributed by atoms with Crippen molar-refractivity contribution in [1.82, 2.24) is 25.3 Å². The molecule has 0 saturated carbocycles. The van der Waals surface area contributed by atoms with Crippen LogP contribution in [0, 0.1) is 6.92 Å². The van der Waals surface area contributed by atoms with Gasteiger partial charge in [0, 0.05) is 25.7 Å². The average molecular weight is 288 g/mol. The van der Waals surface area contributed by atoms with Crippen LogP contribution in [-0.2, 0) is 6.54 Å². The molecule has 2 amide bonds. The van der Waals surface area contributed by atoms with Gasteiger partial charge in [0.05, 0.1) is 0 Å². The number of amides is 2. The average Bonchev–Trinajstić information content (AvgIpc) is 3.04. The first-order chi connectivity index (χ1) is 8.74. The first-order valence-corrected chi connectivity index (χ1v) is 6.29. The van der Waals surface area contributed by atoms with Gasteiger partial charge in [-0.25, -0.2) is 4.79 Å². The molecule has 106 valence electrons. The first kappa shape index (κ1) is 14.1. The van der Waals surface area contributed by atoms with E-state index in [0.29, 0.717) is 24.3 Å². The Morgan fingerprint density at radius 1 is 1.47 bits per heavy atom. The highest BCUT2D eigenvalue weighted by Crippen LogP contribution is 2.18. The Balaban J connectivity index is 0.00000133. The predicted octanol–water partition coefficient (Wildman–Crippen LogP) is 0.399. The quantitative estimate of drug-likeness (QED) is 0.871. The molecule has 1 N–H and O–H groups in total. The molecular formula is C11H18ClN5O2. The van der Waals surface area contributed by atoms with Gasteiger partial charge in [-0.2, -0.15) is 4.98 Å². The lowest BCUT2D eigenvalue weighted by molar-refractivity contribution is 0.174. The maximum atomic E-state index is 12.2. The van der Waals surface area contributed by atoms with Crippen LogP contribution in [0.2, 0.25) is 0 Å². The van der Waals surface area contributed by atoms with Gasteiger partial charge < -0.3 is 19.6 Å². The molecule has 0 bridgehead atoms. The van der Waals surface area contributed by atoms with E-state index in [0.717, 1.165) is 32.6 Å². The summed E-state index contributed by atoms with van der Waals surface area (Å²) in [5.41, 5.74) is 0. The second-order valence-corrected chi connectivity index (χ2v) is 4.78. The van der Waals surface area contributed by atoms with Crippen molar-refractivity contribution in [2.75, 3.05) is 26.2 Å². The highest BCUT2D eigenvalue weighted by atomic mass is 35.5. The van der Waals surface area contributed by atoms with Gasteiger partial charge in [-0.1, -0.05) is 5.16 Å². The van der Waals surface area contributed by atoms with E-state index in [9.17, 15) is 4.79 Å². The second kappa shape index (κ2) is 5.75. The third-order valence-electron chi connectivity index (χ3n) is 3.50. The highest BCUT2D eigenvalue weighted by Gasteiger charge is 2.35. The van der Waals surface area contributed by atoms with Crippen LogP contribution in [0.3, 0.4) is 0 Å². The molecule has 3 heterocycles. The predicted molar refractivity (Wildman–Crippen MR) is 70.1 cm³/mol. The van der Waals surface area contributed by atoms with Crippen molar-refractivity contribution in [2.45, 2.75) is 25.9 Å². The summed E-state index contributed by atoms with van der Waals surface area (Å²) >= 11 is 0. The number of urea groups is 1. The fraction of sp³-hybridized carbons (Fsp3) is 0.727. The van der Waals surface area contributed by atoms with Crippen LogP contribution in [-0.4, -0.2) is 58.2 Å². The number of hydrogen-bond donors (Lipinski definition) is 1. The molecule has 19 heavy (non-hydrogen) atoms. The Morgan fingerprint density at radius 3 is 2.95 bits per heavy atom. The molecule has 1 aromatic heterocycles. The molecule has 1 aromatic rings. The summed E-state index contributed by atoms with van der Waals surface area (Å²) in [5, 5.41) is 7.02. The topological polar surface area (TPSA) is 74.5 Å². The SMILES string of the molecule is Cc1noc(CN2CCN(C3CCNC3)C2=O)n1.Cl. The van der Waals surface area contributed by atoms with Gasteiger partial charge >= 0.3 is 6.03 Å². The molecule has 8 heteroatoms. The molecule has 0 aromatic carbocycles. The van der Waals surface area contributed by atoms with E-state index in [-0.39, 0.29) is 18.4 Å². The smallest absolute Gasteiger partial charge is 0.320 e. The van der Waals surface area contributed by atoms with Gasteiger partial charge in [0.25, 0.3) is 0 Å². The molecule has 3 rings (SSSR count). The first-order valence-electron chi connectivity index (χ1n) is 6.29. The second-order valence-electron chi connectivity index (χ2n) is 4.78. The Kier molecular flexibility index (Phi) is 4.26. The van der Waals surface area contributed by atoms with Crippen molar-refractivity contribution in [3.63, 3.8) is 0 Å². The number of aromatic nitrogens is 2. The van der Waals surface area contributed by atoms with Gasteiger partial charge in [0.15, 0.2) is 5.82 Å². The molecular weight excluding hydrogens is 270 g/mol. The number of nitrogens with one attached hydrogen (secondary N) is 1. The summed E-state index contributed by atoms with van der Waals surface area (Å²) in [5.74, 6) is 1.11. The van der Waals surface area contributed by atoms with Gasteiger partial charge in [-0.05, 0) is 19.9 Å². The van der Waals surface area contributed by atoms with Crippen molar-refractivity contribution >= 4 is 18.4 Å². The van der Waals surface area contributed by atoms with Gasteiger partial charge in [0.2, 0.25) is 5.89 Å². The minimum absolute atomic E-state index is 0. The Hall–Kier alpha value is -1.34. The van der Waals surface area contributed by atoms with Crippen molar-refractivity contribution in [3.05, 3.63) is 11.7 Å². The van der Waals surface area contributed by atoms with E-state index < -0.39 is 0 Å². The van der Waals surface area contributed by atoms with Gasteiger partial charge in [0.1, 0.15) is 6.54 Å². The molecule has 0 spiro atoms. The monoisotopic (exact) mass is 287 g/mol. The fourth-order valence-electron chi connectivity index (χ4n) is 2.56. The van der Waals surface area contributed by atoms with Crippen molar-refractivity contribution in [3.8, 4) is 0 Å². The van der Waals surface area contributed by atoms with Crippen molar-refractivity contribution in [1.29, 1.82) is 0 Å². The lowest BCUT2D eigenvalue weighted by Gasteiger charge is -2.23. The van der Waals surface area contributed by atoms with E-state index >= 15 is 0 Å². The largest absolute Gasteiger partial charge is 0.337 e. The molecule has 1 unspecified atom stereocenters. The van der Waals surface area contributed by atoms with E-state index in [1.165, 1.54) is 0 Å². The molecule has 2 saturated heterocycles. The molecule has 2 aliphatic rings. The van der Waals surface area contributed by atoms with Gasteiger partial charge in [-0.15, -0.1) is 12.4 Å². The number of rotatable bonds is 3. The molecule has 7 nitrogen and oxygen atoms in total. The zero-order chi connectivity index (χ0) is 12.5. The van der Waals surface area contributed by atoms with E-state index in [4.69, 9.17) is 4.52 Å². The summed E-state index contributed by atoms with van der Waals surface area (Å²) in [6.45, 7) is 5.61. The number of aryl methyl sites for hydroxylation is 1. The number of halogens is 1. The van der Waals surface area contributed by atoms with Crippen LogP contribution >= 0.6 is 12.4 Å². The van der Waals surface area contributed by atoms with E-state index in [1.807, 2.05) is 4.90 Å². The summed E-state index contributed by atoms with van der Waals surface area (Å²) < 4.78 is 5.05. The summed E-state index contributed by atoms with van der Waals surface area (Å²) in [6, 6.07) is 0.423. The molecule has 1 atom stereocenters. The van der Waals surface area contributed by atoms with Crippen LogP contribution in [0.5, 0.6) is 0 Å². The normalized spacial score (nSPS) is 23.0. The van der Waals surface area contributed by atoms with Crippen LogP contribution < -0.4 is 5.32 Å². The summed E-state index contributed by atoms with van der Waals surface area (Å²) in [7, 11) is 0. The molecule has 2 fully saturated rings.